The lowest BCUT2D eigenvalue weighted by molar-refractivity contribution is -0.167. The van der Waals surface area contributed by atoms with Crippen molar-refractivity contribution in [2.75, 3.05) is 13.2 Å². The maximum atomic E-state index is 12.8. The number of hydrogen-bond acceptors (Lipinski definition) is 6. The highest BCUT2D eigenvalue weighted by atomic mass is 16.6. The lowest BCUT2D eigenvalue weighted by Crippen LogP contribution is -2.30. The molecule has 6 nitrogen and oxygen atoms in total. The van der Waals surface area contributed by atoms with E-state index in [4.69, 9.17) is 14.2 Å². The normalized spacial score (nSPS) is 12.5. The van der Waals surface area contributed by atoms with Gasteiger partial charge in [-0.2, -0.15) is 0 Å². The second kappa shape index (κ2) is 59.4. The lowest BCUT2D eigenvalue weighted by Gasteiger charge is -2.18. The molecule has 0 amide bonds. The number of esters is 3. The average molecular weight is 992 g/mol. The number of hydrogen-bond donors (Lipinski definition) is 0. The van der Waals surface area contributed by atoms with Gasteiger partial charge in [0.05, 0.1) is 0 Å². The smallest absolute Gasteiger partial charge is 0.306 e. The summed E-state index contributed by atoms with van der Waals surface area (Å²) in [6, 6.07) is 0. The molecule has 0 saturated heterocycles. The van der Waals surface area contributed by atoms with Crippen LogP contribution in [0.1, 0.15) is 303 Å². The van der Waals surface area contributed by atoms with Crippen molar-refractivity contribution in [1.82, 2.24) is 0 Å². The molecular formula is C65H114O6. The van der Waals surface area contributed by atoms with Crippen molar-refractivity contribution in [3.05, 3.63) is 72.9 Å². The topological polar surface area (TPSA) is 78.9 Å². The molecule has 0 spiro atoms. The van der Waals surface area contributed by atoms with E-state index in [1.165, 1.54) is 161 Å². The van der Waals surface area contributed by atoms with E-state index in [0.717, 1.165) is 103 Å². The fraction of sp³-hybridized carbons (Fsp3) is 0.769. The summed E-state index contributed by atoms with van der Waals surface area (Å²) in [7, 11) is 0. The Morgan fingerprint density at radius 2 is 0.549 bits per heavy atom. The van der Waals surface area contributed by atoms with Crippen LogP contribution in [0.5, 0.6) is 0 Å². The molecule has 1 unspecified atom stereocenters. The maximum absolute atomic E-state index is 12.8. The van der Waals surface area contributed by atoms with Crippen LogP contribution in [0.25, 0.3) is 0 Å². The Hall–Kier alpha value is -3.15. The van der Waals surface area contributed by atoms with Gasteiger partial charge in [0, 0.05) is 19.3 Å². The Balaban J connectivity index is 3.94. The van der Waals surface area contributed by atoms with Gasteiger partial charge in [0.25, 0.3) is 0 Å². The molecule has 0 aromatic carbocycles. The minimum atomic E-state index is -0.773. The zero-order chi connectivity index (χ0) is 51.4. The van der Waals surface area contributed by atoms with Crippen LogP contribution in [0, 0.1) is 0 Å². The van der Waals surface area contributed by atoms with E-state index < -0.39 is 6.10 Å². The van der Waals surface area contributed by atoms with E-state index in [2.05, 4.69) is 93.7 Å². The number of rotatable bonds is 55. The lowest BCUT2D eigenvalue weighted by atomic mass is 10.0. The van der Waals surface area contributed by atoms with Gasteiger partial charge in [-0.05, 0) is 89.9 Å². The molecule has 0 aliphatic carbocycles. The summed E-state index contributed by atoms with van der Waals surface area (Å²) < 4.78 is 16.7. The Bertz CT molecular complexity index is 1320. The van der Waals surface area contributed by atoms with E-state index in [1.807, 2.05) is 0 Å². The van der Waals surface area contributed by atoms with E-state index in [-0.39, 0.29) is 31.1 Å². The number of allylic oxidation sites excluding steroid dienone is 12. The van der Waals surface area contributed by atoms with E-state index >= 15 is 0 Å². The minimum Gasteiger partial charge on any atom is -0.462 e. The van der Waals surface area contributed by atoms with Gasteiger partial charge in [0.15, 0.2) is 6.10 Å². The second-order valence-electron chi connectivity index (χ2n) is 20.2. The molecule has 0 N–H and O–H groups in total. The fourth-order valence-corrected chi connectivity index (χ4v) is 8.64. The van der Waals surface area contributed by atoms with Crippen LogP contribution in [-0.2, 0) is 28.6 Å². The highest BCUT2D eigenvalue weighted by Gasteiger charge is 2.19. The molecule has 0 saturated carbocycles. The van der Waals surface area contributed by atoms with Gasteiger partial charge in [-0.3, -0.25) is 14.4 Å². The second-order valence-corrected chi connectivity index (χ2v) is 20.2. The van der Waals surface area contributed by atoms with Gasteiger partial charge in [-0.15, -0.1) is 0 Å². The first-order chi connectivity index (χ1) is 35.0. The molecule has 1 atom stereocenters. The summed E-state index contributed by atoms with van der Waals surface area (Å²) >= 11 is 0. The third kappa shape index (κ3) is 57.6. The van der Waals surface area contributed by atoms with Gasteiger partial charge in [-0.1, -0.05) is 267 Å². The van der Waals surface area contributed by atoms with Crippen LogP contribution in [0.15, 0.2) is 72.9 Å². The summed E-state index contributed by atoms with van der Waals surface area (Å²) in [6.07, 6.45) is 76.8. The third-order valence-electron chi connectivity index (χ3n) is 13.2. The van der Waals surface area contributed by atoms with Crippen molar-refractivity contribution in [1.29, 1.82) is 0 Å². The summed E-state index contributed by atoms with van der Waals surface area (Å²) in [6.45, 7) is 6.45. The van der Waals surface area contributed by atoms with Crippen molar-refractivity contribution >= 4 is 17.9 Å². The van der Waals surface area contributed by atoms with Crippen LogP contribution in [0.3, 0.4) is 0 Å². The van der Waals surface area contributed by atoms with Gasteiger partial charge in [-0.25, -0.2) is 0 Å². The summed E-state index contributed by atoms with van der Waals surface area (Å²) in [5.74, 6) is -0.887. The standard InChI is InChI=1S/C65H114O6/c1-4-7-10-13-15-17-19-21-23-24-25-26-27-28-29-30-31-32-33-34-35-36-37-38-39-40-42-43-45-47-49-52-55-58-64(67)70-61-62(60-69-63(66)57-54-51-12-9-6-3)71-65(68)59-56-53-50-48-46-44-41-22-20-18-16-14-11-8-5-2/h7,10,15,17,21-23,25-26,28-29,41,62H,4-6,8-9,11-14,16,18-20,24,27,30-40,42-61H2,1-3H3/b10-7-,17-15-,23-21-,26-25-,29-28-,41-22-. The first-order valence-corrected chi connectivity index (χ1v) is 30.4. The first kappa shape index (κ1) is 67.8. The van der Waals surface area contributed by atoms with Crippen molar-refractivity contribution in [3.63, 3.8) is 0 Å². The Kier molecular flexibility index (Phi) is 56.8. The molecule has 6 heteroatoms. The Morgan fingerprint density at radius 3 is 0.873 bits per heavy atom. The van der Waals surface area contributed by atoms with Gasteiger partial charge in [0.1, 0.15) is 13.2 Å². The molecule has 0 heterocycles. The van der Waals surface area contributed by atoms with Gasteiger partial charge >= 0.3 is 17.9 Å². The number of carbonyl (C=O) groups excluding carboxylic acids is 3. The molecule has 410 valence electrons. The summed E-state index contributed by atoms with van der Waals surface area (Å²) in [4.78, 5) is 37.8. The summed E-state index contributed by atoms with van der Waals surface area (Å²) in [5.41, 5.74) is 0. The highest BCUT2D eigenvalue weighted by Crippen LogP contribution is 2.16. The third-order valence-corrected chi connectivity index (χ3v) is 13.2. The molecule has 0 radical (unpaired) electrons. The Labute approximate surface area is 440 Å². The predicted octanol–water partition coefficient (Wildman–Crippen LogP) is 20.5. The molecule has 0 bridgehead atoms. The fourth-order valence-electron chi connectivity index (χ4n) is 8.64. The SMILES string of the molecule is CC/C=C\C/C=C\C/C=C\C/C=C\C/C=C\CCCCCCCCCCCCCCCCCCCC(=O)OCC(COC(=O)CCCCCCC)OC(=O)CCCCCCC/C=C\CCCCCCCC. The van der Waals surface area contributed by atoms with E-state index in [1.54, 1.807) is 0 Å². The van der Waals surface area contributed by atoms with Crippen molar-refractivity contribution in [3.8, 4) is 0 Å². The van der Waals surface area contributed by atoms with E-state index in [0.29, 0.717) is 19.3 Å². The zero-order valence-electron chi connectivity index (χ0n) is 47.0. The average Bonchev–Trinajstić information content (AvgIpc) is 3.37. The van der Waals surface area contributed by atoms with Crippen LogP contribution < -0.4 is 0 Å². The zero-order valence-corrected chi connectivity index (χ0v) is 47.0. The molecule has 0 aromatic rings. The quantitative estimate of drug-likeness (QED) is 0.0261. The first-order valence-electron chi connectivity index (χ1n) is 30.4. The number of carbonyl (C=O) groups is 3. The van der Waals surface area contributed by atoms with Crippen LogP contribution in [0.2, 0.25) is 0 Å². The molecule has 0 fully saturated rings. The van der Waals surface area contributed by atoms with Crippen molar-refractivity contribution in [2.24, 2.45) is 0 Å². The monoisotopic (exact) mass is 991 g/mol. The molecule has 0 aromatic heterocycles. The number of unbranched alkanes of at least 4 members (excludes halogenated alkanes) is 32. The van der Waals surface area contributed by atoms with Crippen LogP contribution in [-0.4, -0.2) is 37.2 Å². The minimum absolute atomic E-state index is 0.0752. The summed E-state index contributed by atoms with van der Waals surface area (Å²) in [5, 5.41) is 0. The highest BCUT2D eigenvalue weighted by molar-refractivity contribution is 5.71. The predicted molar refractivity (Wildman–Crippen MR) is 307 cm³/mol. The van der Waals surface area contributed by atoms with Crippen LogP contribution in [0.4, 0.5) is 0 Å². The number of ether oxygens (including phenoxy) is 3. The van der Waals surface area contributed by atoms with E-state index in [9.17, 15) is 14.4 Å². The largest absolute Gasteiger partial charge is 0.462 e. The molecular weight excluding hydrogens is 877 g/mol. The van der Waals surface area contributed by atoms with Gasteiger partial charge < -0.3 is 14.2 Å². The molecule has 0 rings (SSSR count). The molecule has 71 heavy (non-hydrogen) atoms. The Morgan fingerprint density at radius 1 is 0.296 bits per heavy atom. The maximum Gasteiger partial charge on any atom is 0.306 e. The molecule has 0 aliphatic heterocycles. The van der Waals surface area contributed by atoms with Crippen LogP contribution >= 0.6 is 0 Å². The molecule has 0 aliphatic rings. The van der Waals surface area contributed by atoms with Crippen molar-refractivity contribution in [2.45, 2.75) is 309 Å². The van der Waals surface area contributed by atoms with Crippen molar-refractivity contribution < 1.29 is 28.6 Å². The van der Waals surface area contributed by atoms with Gasteiger partial charge in [0.2, 0.25) is 0 Å².